The lowest BCUT2D eigenvalue weighted by molar-refractivity contribution is 0.311. The minimum atomic E-state index is 0.682. The van der Waals surface area contributed by atoms with Gasteiger partial charge in [0.2, 0.25) is 0 Å². The van der Waals surface area contributed by atoms with Crippen molar-refractivity contribution in [3.8, 4) is 5.75 Å². The van der Waals surface area contributed by atoms with E-state index in [0.29, 0.717) is 6.61 Å². The van der Waals surface area contributed by atoms with Gasteiger partial charge >= 0.3 is 0 Å². The molecule has 0 aliphatic carbocycles. The van der Waals surface area contributed by atoms with Gasteiger partial charge in [-0.3, -0.25) is 4.99 Å². The second-order valence-electron chi connectivity index (χ2n) is 6.42. The highest BCUT2D eigenvalue weighted by Crippen LogP contribution is 2.08. The number of benzene rings is 2. The predicted molar refractivity (Wildman–Crippen MR) is 109 cm³/mol. The number of guanidine groups is 1. The molecule has 0 aromatic heterocycles. The summed E-state index contributed by atoms with van der Waals surface area (Å²) in [6.45, 7) is 3.21. The molecule has 0 unspecified atom stereocenters. The summed E-state index contributed by atoms with van der Waals surface area (Å²) >= 11 is 0. The van der Waals surface area contributed by atoms with Crippen LogP contribution in [-0.2, 0) is 13.1 Å². The molecular formula is C21H30N4O. The molecular weight excluding hydrogens is 324 g/mol. The molecule has 5 nitrogen and oxygen atoms in total. The average molecular weight is 354 g/mol. The van der Waals surface area contributed by atoms with Gasteiger partial charge in [0.1, 0.15) is 5.75 Å². The Morgan fingerprint density at radius 3 is 2.31 bits per heavy atom. The first-order chi connectivity index (χ1) is 12.7. The van der Waals surface area contributed by atoms with Gasteiger partial charge in [-0.2, -0.15) is 0 Å². The van der Waals surface area contributed by atoms with Crippen LogP contribution >= 0.6 is 0 Å². The van der Waals surface area contributed by atoms with E-state index in [1.165, 1.54) is 11.1 Å². The van der Waals surface area contributed by atoms with Crippen molar-refractivity contribution in [3.63, 3.8) is 0 Å². The molecule has 2 rings (SSSR count). The molecule has 0 spiro atoms. The number of hydrogen-bond donors (Lipinski definition) is 2. The van der Waals surface area contributed by atoms with E-state index in [1.807, 2.05) is 30.3 Å². The Balaban J connectivity index is 1.64. The van der Waals surface area contributed by atoms with E-state index in [4.69, 9.17) is 4.74 Å². The van der Waals surface area contributed by atoms with E-state index in [9.17, 15) is 0 Å². The molecule has 0 radical (unpaired) electrons. The third-order valence-corrected chi connectivity index (χ3v) is 3.83. The summed E-state index contributed by atoms with van der Waals surface area (Å²) in [5.74, 6) is 1.72. The Hall–Kier alpha value is -2.53. The van der Waals surface area contributed by atoms with Crippen LogP contribution in [0.1, 0.15) is 17.5 Å². The molecule has 0 bridgehead atoms. The van der Waals surface area contributed by atoms with Crippen LogP contribution in [0.2, 0.25) is 0 Å². The smallest absolute Gasteiger partial charge is 0.191 e. The lowest BCUT2D eigenvalue weighted by Gasteiger charge is -2.13. The highest BCUT2D eigenvalue weighted by Gasteiger charge is 2.00. The summed E-state index contributed by atoms with van der Waals surface area (Å²) in [7, 11) is 5.95. The van der Waals surface area contributed by atoms with Gasteiger partial charge in [0.25, 0.3) is 0 Å². The zero-order chi connectivity index (χ0) is 18.6. The van der Waals surface area contributed by atoms with Gasteiger partial charge in [0.05, 0.1) is 6.61 Å². The molecule has 5 heteroatoms. The average Bonchev–Trinajstić information content (AvgIpc) is 2.65. The Kier molecular flexibility index (Phi) is 8.49. The van der Waals surface area contributed by atoms with Crippen molar-refractivity contribution in [2.45, 2.75) is 19.5 Å². The van der Waals surface area contributed by atoms with E-state index >= 15 is 0 Å². The topological polar surface area (TPSA) is 48.9 Å². The number of aliphatic imine (C=N–C) groups is 1. The van der Waals surface area contributed by atoms with Crippen LogP contribution in [0, 0.1) is 0 Å². The number of para-hydroxylation sites is 1. The normalized spacial score (nSPS) is 11.5. The molecule has 0 aliphatic rings. The van der Waals surface area contributed by atoms with Crippen LogP contribution in [0.4, 0.5) is 0 Å². The molecule has 0 amide bonds. The number of hydrogen-bond acceptors (Lipinski definition) is 3. The summed E-state index contributed by atoms with van der Waals surface area (Å²) < 4.78 is 5.69. The maximum Gasteiger partial charge on any atom is 0.191 e. The summed E-state index contributed by atoms with van der Waals surface area (Å²) in [5, 5.41) is 6.66. The minimum Gasteiger partial charge on any atom is -0.494 e. The maximum atomic E-state index is 5.69. The molecule has 2 N–H and O–H groups in total. The van der Waals surface area contributed by atoms with Crippen molar-refractivity contribution < 1.29 is 4.74 Å². The van der Waals surface area contributed by atoms with Crippen molar-refractivity contribution in [1.82, 2.24) is 15.5 Å². The van der Waals surface area contributed by atoms with Crippen LogP contribution in [0.25, 0.3) is 0 Å². The number of nitrogens with one attached hydrogen (secondary N) is 2. The Morgan fingerprint density at radius 1 is 0.962 bits per heavy atom. The van der Waals surface area contributed by atoms with E-state index in [1.54, 1.807) is 7.05 Å². The van der Waals surface area contributed by atoms with Crippen molar-refractivity contribution in [2.75, 3.05) is 34.3 Å². The van der Waals surface area contributed by atoms with Crippen LogP contribution in [0.15, 0.2) is 59.6 Å². The van der Waals surface area contributed by atoms with E-state index in [0.717, 1.165) is 37.8 Å². The third-order valence-electron chi connectivity index (χ3n) is 3.83. The lowest BCUT2D eigenvalue weighted by atomic mass is 10.1. The Bertz CT molecular complexity index is 653. The molecule has 0 saturated heterocycles. The molecule has 140 valence electrons. The van der Waals surface area contributed by atoms with Gasteiger partial charge in [-0.15, -0.1) is 0 Å². The second-order valence-corrected chi connectivity index (χ2v) is 6.42. The zero-order valence-electron chi connectivity index (χ0n) is 16.0. The molecule has 0 atom stereocenters. The predicted octanol–water partition coefficient (Wildman–Crippen LogP) is 2.88. The van der Waals surface area contributed by atoms with Gasteiger partial charge in [-0.05, 0) is 43.8 Å². The first-order valence-electron chi connectivity index (χ1n) is 9.02. The van der Waals surface area contributed by atoms with Crippen LogP contribution in [0.5, 0.6) is 5.75 Å². The highest BCUT2D eigenvalue weighted by atomic mass is 16.5. The van der Waals surface area contributed by atoms with E-state index in [-0.39, 0.29) is 0 Å². The second kappa shape index (κ2) is 11.2. The highest BCUT2D eigenvalue weighted by molar-refractivity contribution is 5.79. The molecule has 0 aliphatic heterocycles. The Morgan fingerprint density at radius 2 is 1.65 bits per heavy atom. The maximum absolute atomic E-state index is 5.69. The first kappa shape index (κ1) is 19.8. The zero-order valence-corrected chi connectivity index (χ0v) is 16.0. The number of ether oxygens (including phenoxy) is 1. The van der Waals surface area contributed by atoms with Crippen LogP contribution < -0.4 is 15.4 Å². The van der Waals surface area contributed by atoms with Crippen molar-refractivity contribution in [3.05, 3.63) is 65.7 Å². The summed E-state index contributed by atoms with van der Waals surface area (Å²) in [6, 6.07) is 18.6. The lowest BCUT2D eigenvalue weighted by Crippen LogP contribution is -2.37. The molecule has 0 fully saturated rings. The fraction of sp³-hybridized carbons (Fsp3) is 0.381. The first-order valence-corrected chi connectivity index (χ1v) is 9.02. The van der Waals surface area contributed by atoms with Crippen LogP contribution in [0.3, 0.4) is 0 Å². The summed E-state index contributed by atoms with van der Waals surface area (Å²) in [5.41, 5.74) is 2.56. The third kappa shape index (κ3) is 7.57. The van der Waals surface area contributed by atoms with E-state index in [2.05, 4.69) is 58.9 Å². The van der Waals surface area contributed by atoms with Gasteiger partial charge < -0.3 is 20.3 Å². The number of rotatable bonds is 9. The molecule has 0 heterocycles. The quantitative estimate of drug-likeness (QED) is 0.413. The molecule has 26 heavy (non-hydrogen) atoms. The van der Waals surface area contributed by atoms with Gasteiger partial charge in [0.15, 0.2) is 5.96 Å². The van der Waals surface area contributed by atoms with Gasteiger partial charge in [-0.25, -0.2) is 0 Å². The largest absolute Gasteiger partial charge is 0.494 e. The van der Waals surface area contributed by atoms with Crippen molar-refractivity contribution >= 4 is 5.96 Å². The van der Waals surface area contributed by atoms with E-state index < -0.39 is 0 Å². The summed E-state index contributed by atoms with van der Waals surface area (Å²) in [6.07, 6.45) is 0.912. The fourth-order valence-electron chi connectivity index (χ4n) is 2.52. The molecule has 2 aromatic rings. The van der Waals surface area contributed by atoms with Crippen molar-refractivity contribution in [2.24, 2.45) is 4.99 Å². The van der Waals surface area contributed by atoms with Gasteiger partial charge in [0, 0.05) is 26.7 Å². The van der Waals surface area contributed by atoms with Crippen LogP contribution in [-0.4, -0.2) is 45.2 Å². The standard InChI is InChI=1S/C21H30N4O/c1-22-21(23-14-7-15-26-20-8-5-4-6-9-20)24-16-18-10-12-19(13-11-18)17-25(2)3/h4-6,8-13H,7,14-17H2,1-3H3,(H2,22,23,24). The minimum absolute atomic E-state index is 0.682. The fourth-order valence-corrected chi connectivity index (χ4v) is 2.52. The monoisotopic (exact) mass is 354 g/mol. The SMILES string of the molecule is CN=C(NCCCOc1ccccc1)NCc1ccc(CN(C)C)cc1. The number of nitrogens with zero attached hydrogens (tertiary/aromatic N) is 2. The molecule has 2 aromatic carbocycles. The van der Waals surface area contributed by atoms with Gasteiger partial charge in [-0.1, -0.05) is 42.5 Å². The van der Waals surface area contributed by atoms with Crippen molar-refractivity contribution in [1.29, 1.82) is 0 Å². The summed E-state index contributed by atoms with van der Waals surface area (Å²) in [4.78, 5) is 6.43. The Labute approximate surface area is 157 Å². The molecule has 0 saturated carbocycles.